The third kappa shape index (κ3) is 3.14. The molecule has 0 fully saturated rings. The summed E-state index contributed by atoms with van der Waals surface area (Å²) in [6, 6.07) is 8.59. The Morgan fingerprint density at radius 3 is 2.90 bits per heavy atom. The molecule has 0 bridgehead atoms. The van der Waals surface area contributed by atoms with Gasteiger partial charge in [-0.3, -0.25) is 4.72 Å². The van der Waals surface area contributed by atoms with E-state index in [9.17, 15) is 8.42 Å². The maximum absolute atomic E-state index is 12.4. The first-order valence-corrected chi connectivity index (χ1v) is 8.98. The molecule has 0 saturated heterocycles. The fraction of sp³-hybridized carbons (Fsp3) is 0.214. The molecule has 0 aliphatic carbocycles. The fourth-order valence-electron chi connectivity index (χ4n) is 2.01. The van der Waals surface area contributed by atoms with E-state index >= 15 is 0 Å². The predicted octanol–water partition coefficient (Wildman–Crippen LogP) is 2.71. The lowest BCUT2D eigenvalue weighted by molar-refractivity contribution is 0.601. The molecule has 2 aromatic rings. The maximum atomic E-state index is 12.4. The van der Waals surface area contributed by atoms with Crippen LogP contribution in [0.2, 0.25) is 0 Å². The number of aromatic nitrogens is 1. The molecule has 1 aromatic carbocycles. The Labute approximate surface area is 128 Å². The van der Waals surface area contributed by atoms with Crippen LogP contribution in [0.25, 0.3) is 0 Å². The van der Waals surface area contributed by atoms with Crippen molar-refractivity contribution in [2.24, 2.45) is 0 Å². The fourth-order valence-corrected chi connectivity index (χ4v) is 3.92. The lowest BCUT2D eigenvalue weighted by Crippen LogP contribution is -2.16. The molecule has 2 N–H and O–H groups in total. The van der Waals surface area contributed by atoms with Crippen LogP contribution in [0.3, 0.4) is 0 Å². The highest BCUT2D eigenvalue weighted by molar-refractivity contribution is 7.99. The van der Waals surface area contributed by atoms with Crippen molar-refractivity contribution in [3.05, 3.63) is 42.1 Å². The number of nitrogens with one attached hydrogen (secondary N) is 2. The van der Waals surface area contributed by atoms with E-state index in [4.69, 9.17) is 0 Å². The van der Waals surface area contributed by atoms with Gasteiger partial charge in [0.15, 0.2) is 0 Å². The SMILES string of the molecule is Cc1ccc(NS(=O)(=O)c2ccc3c(c2)NCCS3)nc1. The van der Waals surface area contributed by atoms with E-state index in [0.717, 1.165) is 28.4 Å². The number of fused-ring (bicyclic) bond motifs is 1. The zero-order chi connectivity index (χ0) is 14.9. The van der Waals surface area contributed by atoms with E-state index in [1.807, 2.05) is 19.1 Å². The van der Waals surface area contributed by atoms with Crippen molar-refractivity contribution >= 4 is 33.3 Å². The van der Waals surface area contributed by atoms with Gasteiger partial charge in [-0.1, -0.05) is 6.07 Å². The summed E-state index contributed by atoms with van der Waals surface area (Å²) in [5.74, 6) is 1.31. The van der Waals surface area contributed by atoms with Crippen molar-refractivity contribution in [1.29, 1.82) is 0 Å². The van der Waals surface area contributed by atoms with Crippen LogP contribution in [-0.4, -0.2) is 25.7 Å². The number of aryl methyl sites for hydroxylation is 1. The second-order valence-corrected chi connectivity index (χ2v) is 7.58. The number of thioether (sulfide) groups is 1. The first kappa shape index (κ1) is 14.2. The van der Waals surface area contributed by atoms with Crippen molar-refractivity contribution in [1.82, 2.24) is 4.98 Å². The monoisotopic (exact) mass is 321 g/mol. The lowest BCUT2D eigenvalue weighted by atomic mass is 10.3. The molecule has 3 rings (SSSR count). The average Bonchev–Trinajstić information content (AvgIpc) is 2.49. The number of sulfonamides is 1. The molecule has 0 atom stereocenters. The summed E-state index contributed by atoms with van der Waals surface area (Å²) in [6.45, 7) is 2.74. The molecule has 0 saturated carbocycles. The van der Waals surface area contributed by atoms with E-state index in [1.54, 1.807) is 36.2 Å². The highest BCUT2D eigenvalue weighted by Gasteiger charge is 2.18. The topological polar surface area (TPSA) is 71.1 Å². The highest BCUT2D eigenvalue weighted by atomic mass is 32.2. The number of pyridine rings is 1. The summed E-state index contributed by atoms with van der Waals surface area (Å²) in [5.41, 5.74) is 1.85. The Hall–Kier alpha value is -1.73. The van der Waals surface area contributed by atoms with Crippen LogP contribution in [0.4, 0.5) is 11.5 Å². The zero-order valence-corrected chi connectivity index (χ0v) is 13.1. The molecule has 0 unspecified atom stereocenters. The predicted molar refractivity (Wildman–Crippen MR) is 85.4 cm³/mol. The van der Waals surface area contributed by atoms with E-state index in [-0.39, 0.29) is 4.90 Å². The number of hydrogen-bond donors (Lipinski definition) is 2. The van der Waals surface area contributed by atoms with Gasteiger partial charge in [-0.05, 0) is 36.8 Å². The molecular weight excluding hydrogens is 306 g/mol. The van der Waals surface area contributed by atoms with E-state index in [1.165, 1.54) is 0 Å². The molecule has 0 amide bonds. The summed E-state index contributed by atoms with van der Waals surface area (Å²) in [5, 5.41) is 3.22. The van der Waals surface area contributed by atoms with Gasteiger partial charge < -0.3 is 5.32 Å². The average molecular weight is 321 g/mol. The molecule has 110 valence electrons. The molecule has 21 heavy (non-hydrogen) atoms. The minimum Gasteiger partial charge on any atom is -0.383 e. The standard InChI is InChI=1S/C14H15N3O2S2/c1-10-2-5-14(16-9-10)17-21(18,19)11-3-4-13-12(8-11)15-6-7-20-13/h2-5,8-9,15H,6-7H2,1H3,(H,16,17). The highest BCUT2D eigenvalue weighted by Crippen LogP contribution is 2.32. The molecule has 1 aliphatic heterocycles. The Bertz CT molecular complexity index is 758. The van der Waals surface area contributed by atoms with Gasteiger partial charge in [0, 0.05) is 29.1 Å². The second-order valence-electron chi connectivity index (χ2n) is 4.76. The zero-order valence-electron chi connectivity index (χ0n) is 11.5. The van der Waals surface area contributed by atoms with Crippen LogP contribution < -0.4 is 10.0 Å². The molecule has 0 radical (unpaired) electrons. The lowest BCUT2D eigenvalue weighted by Gasteiger charge is -2.18. The molecular formula is C14H15N3O2S2. The van der Waals surface area contributed by atoms with Crippen molar-refractivity contribution in [2.45, 2.75) is 16.7 Å². The Morgan fingerprint density at radius 1 is 1.29 bits per heavy atom. The third-order valence-corrected chi connectivity index (χ3v) is 5.51. The molecule has 7 heteroatoms. The smallest absolute Gasteiger partial charge is 0.263 e. The maximum Gasteiger partial charge on any atom is 0.263 e. The first-order valence-electron chi connectivity index (χ1n) is 6.51. The minimum atomic E-state index is -3.62. The number of anilines is 2. The van der Waals surface area contributed by atoms with E-state index in [0.29, 0.717) is 5.82 Å². The van der Waals surface area contributed by atoms with E-state index < -0.39 is 10.0 Å². The minimum absolute atomic E-state index is 0.235. The molecule has 1 aromatic heterocycles. The quantitative estimate of drug-likeness (QED) is 0.909. The Morgan fingerprint density at radius 2 is 2.14 bits per heavy atom. The largest absolute Gasteiger partial charge is 0.383 e. The van der Waals surface area contributed by atoms with Gasteiger partial charge in [0.1, 0.15) is 5.82 Å². The summed E-state index contributed by atoms with van der Waals surface area (Å²) < 4.78 is 27.3. The van der Waals surface area contributed by atoms with Crippen molar-refractivity contribution in [2.75, 3.05) is 22.3 Å². The number of nitrogens with zero attached hydrogens (tertiary/aromatic N) is 1. The number of hydrogen-bond acceptors (Lipinski definition) is 5. The van der Waals surface area contributed by atoms with Gasteiger partial charge in [-0.15, -0.1) is 11.8 Å². The van der Waals surface area contributed by atoms with Gasteiger partial charge in [-0.2, -0.15) is 0 Å². The van der Waals surface area contributed by atoms with Gasteiger partial charge in [0.25, 0.3) is 10.0 Å². The molecule has 1 aliphatic rings. The summed E-state index contributed by atoms with van der Waals surface area (Å²) in [6.07, 6.45) is 1.63. The molecule has 5 nitrogen and oxygen atoms in total. The van der Waals surface area contributed by atoms with Crippen molar-refractivity contribution in [3.8, 4) is 0 Å². The number of benzene rings is 1. The van der Waals surface area contributed by atoms with Gasteiger partial charge in [0.05, 0.1) is 4.90 Å². The molecule has 0 spiro atoms. The number of rotatable bonds is 3. The van der Waals surface area contributed by atoms with Gasteiger partial charge in [-0.25, -0.2) is 13.4 Å². The van der Waals surface area contributed by atoms with Crippen LogP contribution in [-0.2, 0) is 10.0 Å². The summed E-state index contributed by atoms with van der Waals surface area (Å²) in [4.78, 5) is 5.38. The van der Waals surface area contributed by atoms with E-state index in [2.05, 4.69) is 15.0 Å². The Kier molecular flexibility index (Phi) is 3.77. The van der Waals surface area contributed by atoms with Crippen molar-refractivity contribution < 1.29 is 8.42 Å². The van der Waals surface area contributed by atoms with Gasteiger partial charge >= 0.3 is 0 Å². The summed E-state index contributed by atoms with van der Waals surface area (Å²) >= 11 is 1.72. The van der Waals surface area contributed by atoms with Gasteiger partial charge in [0.2, 0.25) is 0 Å². The van der Waals surface area contributed by atoms with Crippen LogP contribution >= 0.6 is 11.8 Å². The van der Waals surface area contributed by atoms with Crippen molar-refractivity contribution in [3.63, 3.8) is 0 Å². The normalized spacial score (nSPS) is 14.1. The summed E-state index contributed by atoms with van der Waals surface area (Å²) in [7, 11) is -3.62. The van der Waals surface area contributed by atoms with Crippen LogP contribution in [0.1, 0.15) is 5.56 Å². The second kappa shape index (κ2) is 5.57. The Balaban J connectivity index is 1.89. The molecule has 2 heterocycles. The van der Waals surface area contributed by atoms with Crippen LogP contribution in [0, 0.1) is 6.92 Å². The third-order valence-electron chi connectivity index (χ3n) is 3.09. The first-order chi connectivity index (χ1) is 10.0. The van der Waals surface area contributed by atoms with Crippen LogP contribution in [0.15, 0.2) is 46.3 Å². The van der Waals surface area contributed by atoms with Crippen LogP contribution in [0.5, 0.6) is 0 Å².